The molecule has 0 N–H and O–H groups in total. The molecule has 29 aromatic rings. The van der Waals surface area contributed by atoms with Gasteiger partial charge in [-0.25, -0.2) is 15.0 Å². The Hall–Kier alpha value is -17.7. The molecule has 134 heavy (non-hydrogen) atoms. The molecule has 9 aromatic heterocycles. The Bertz CT molecular complexity index is 10200. The molecule has 0 radical (unpaired) electrons. The summed E-state index contributed by atoms with van der Waals surface area (Å²) in [5.41, 5.74) is 33.2. The number of hydrogen-bond acceptors (Lipinski definition) is 6. The Morgan fingerprint density at radius 2 is 0.507 bits per heavy atom. The Morgan fingerprint density at radius 3 is 0.985 bits per heavy atom. The SMILES string of the molecule is CC1(C)c2ccccc2-c2ccc(-c3ccc4cc(-c5ccc6c7ccc8cccnc8c7c7nc8ccccc8n7c6c5)ccc4c3)cc21.c1ccc2c(c1)cc(-c1ccc(-c3ccc4c5ccc6cccnc6c5c5nc6ccccc6n5c4c3)cc1)c1ccccc12.c1ccc2c(c1)cc(-c1ccc3c4ccc5cccnc5c4c4nc5ccccc5n4c3c1)c1ccccc12. The first kappa shape index (κ1) is 75.3. The second-order valence-electron chi connectivity index (χ2n) is 36.3. The highest BCUT2D eigenvalue weighted by molar-refractivity contribution is 6.27. The standard InChI is InChI=1S/C47H31N3.C42H25N3.C36H21N3/c1-47(2)39-10-4-3-9-35(39)36-20-18-33(26-40(36)47)31-15-13-30-25-32(16-14-29(30)24-31)34-19-21-37-38-22-17-28-8-7-23-48-45(28)44(38)46-49-41-11-5-6-12-42(41)50(46)43(37)27-34;1-2-10-31-30(8-1)24-36(33-12-4-3-11-32(31)33)27-17-15-26(16-18-27)29-20-21-34-35-22-19-28-9-7-23-43-41(28)40(35)42-44-37-13-5-6-14-38(37)45(42)39(34)25-29;1-2-10-25-23(8-1)20-30(27-12-4-3-11-26(25)27)24-16-17-28-29-18-15-22-9-7-19-37-35(22)34(29)36-38-31-13-5-6-14-32(31)39(36)33(28)21-24/h3-27H,1-2H3;1-25H;1-21H. The molecule has 0 saturated carbocycles. The fraction of sp³-hybridized carbons (Fsp3) is 0.0240. The minimum absolute atomic E-state index is 0.0148. The van der Waals surface area contributed by atoms with Gasteiger partial charge in [-0.3, -0.25) is 28.2 Å². The first-order chi connectivity index (χ1) is 66.2. The van der Waals surface area contributed by atoms with Gasteiger partial charge in [-0.1, -0.05) is 323 Å². The second kappa shape index (κ2) is 29.2. The minimum atomic E-state index is -0.0148. The monoisotopic (exact) mass is 1700 g/mol. The maximum Gasteiger partial charge on any atom is 0.148 e. The Labute approximate surface area is 767 Å². The van der Waals surface area contributed by atoms with E-state index in [0.29, 0.717) is 0 Å². The number of rotatable bonds is 5. The molecule has 1 aliphatic carbocycles. The van der Waals surface area contributed by atoms with Crippen LogP contribution in [-0.4, -0.2) is 43.1 Å². The van der Waals surface area contributed by atoms with Gasteiger partial charge in [0.25, 0.3) is 0 Å². The van der Waals surface area contributed by atoms with Crippen molar-refractivity contribution in [3.63, 3.8) is 0 Å². The third kappa shape index (κ3) is 11.4. The van der Waals surface area contributed by atoms with Crippen LogP contribution < -0.4 is 0 Å². The van der Waals surface area contributed by atoms with Crippen molar-refractivity contribution in [1.82, 2.24) is 43.1 Å². The predicted octanol–water partition coefficient (Wildman–Crippen LogP) is 32.4. The molecule has 9 nitrogen and oxygen atoms in total. The van der Waals surface area contributed by atoms with Crippen LogP contribution in [0.1, 0.15) is 25.0 Å². The molecule has 0 spiro atoms. The summed E-state index contributed by atoms with van der Waals surface area (Å²) < 4.78 is 6.97. The van der Waals surface area contributed by atoms with Crippen LogP contribution in [0.3, 0.4) is 0 Å². The summed E-state index contributed by atoms with van der Waals surface area (Å²) in [5.74, 6) is 0. The topological polar surface area (TPSA) is 90.6 Å². The summed E-state index contributed by atoms with van der Waals surface area (Å²) in [6, 6.07) is 149. The minimum Gasteiger partial charge on any atom is -0.292 e. The fourth-order valence-electron chi connectivity index (χ4n) is 22.4. The van der Waals surface area contributed by atoms with E-state index in [1.165, 1.54) is 164 Å². The molecule has 30 rings (SSSR count). The summed E-state index contributed by atoms with van der Waals surface area (Å²) in [5, 5.41) is 26.4. The molecule has 622 valence electrons. The molecule has 0 atom stereocenters. The normalized spacial score (nSPS) is 12.6. The van der Waals surface area contributed by atoms with Crippen molar-refractivity contribution in [2.75, 3.05) is 0 Å². The summed E-state index contributed by atoms with van der Waals surface area (Å²) in [6.45, 7) is 4.69. The maximum atomic E-state index is 5.18. The molecule has 9 heteroatoms. The smallest absolute Gasteiger partial charge is 0.148 e. The lowest BCUT2D eigenvalue weighted by Gasteiger charge is -2.22. The van der Waals surface area contributed by atoms with Crippen molar-refractivity contribution >= 4 is 202 Å². The first-order valence-corrected chi connectivity index (χ1v) is 45.9. The van der Waals surface area contributed by atoms with Gasteiger partial charge in [0, 0.05) is 56.3 Å². The van der Waals surface area contributed by atoms with Crippen molar-refractivity contribution in [1.29, 1.82) is 0 Å². The second-order valence-corrected chi connectivity index (χ2v) is 36.3. The van der Waals surface area contributed by atoms with E-state index in [9.17, 15) is 0 Å². The number of pyridine rings is 6. The van der Waals surface area contributed by atoms with Gasteiger partial charge in [-0.2, -0.15) is 0 Å². The van der Waals surface area contributed by atoms with E-state index in [0.717, 1.165) is 115 Å². The third-order valence-electron chi connectivity index (χ3n) is 28.7. The van der Waals surface area contributed by atoms with Gasteiger partial charge in [-0.05, 0) is 251 Å². The lowest BCUT2D eigenvalue weighted by Crippen LogP contribution is -2.14. The van der Waals surface area contributed by atoms with Crippen LogP contribution in [0.4, 0.5) is 0 Å². The first-order valence-electron chi connectivity index (χ1n) is 45.9. The number of fused-ring (bicyclic) bond motifs is 40. The molecular weight excluding hydrogens is 1630 g/mol. The quantitative estimate of drug-likeness (QED) is 0.160. The highest BCUT2D eigenvalue weighted by atomic mass is 15.0. The molecule has 0 unspecified atom stereocenters. The van der Waals surface area contributed by atoms with Gasteiger partial charge in [0.05, 0.1) is 82.4 Å². The van der Waals surface area contributed by atoms with Crippen LogP contribution in [0.2, 0.25) is 0 Å². The summed E-state index contributed by atoms with van der Waals surface area (Å²) in [4.78, 5) is 30.0. The van der Waals surface area contributed by atoms with E-state index < -0.39 is 0 Å². The van der Waals surface area contributed by atoms with Crippen molar-refractivity contribution in [3.8, 4) is 66.8 Å². The van der Waals surface area contributed by atoms with Crippen LogP contribution in [0.15, 0.2) is 431 Å². The van der Waals surface area contributed by atoms with E-state index in [2.05, 4.69) is 421 Å². The number of nitrogens with zero attached hydrogens (tertiary/aromatic N) is 9. The molecule has 0 saturated heterocycles. The van der Waals surface area contributed by atoms with E-state index in [4.69, 9.17) is 29.9 Å². The molecule has 20 aromatic carbocycles. The number of benzene rings is 20. The Balaban J connectivity index is 0.000000101. The lowest BCUT2D eigenvalue weighted by atomic mass is 9.81. The average Bonchev–Trinajstić information content (AvgIpc) is 1.55. The van der Waals surface area contributed by atoms with Crippen LogP contribution in [0, 0.1) is 0 Å². The van der Waals surface area contributed by atoms with Crippen molar-refractivity contribution in [3.05, 3.63) is 442 Å². The maximum absolute atomic E-state index is 5.18. The zero-order chi connectivity index (χ0) is 88.1. The molecule has 9 heterocycles. The van der Waals surface area contributed by atoms with Crippen LogP contribution in [0.5, 0.6) is 0 Å². The zero-order valence-corrected chi connectivity index (χ0v) is 73.0. The van der Waals surface area contributed by atoms with Gasteiger partial charge in [-0.15, -0.1) is 0 Å². The fourth-order valence-corrected chi connectivity index (χ4v) is 22.4. The van der Waals surface area contributed by atoms with E-state index in [-0.39, 0.29) is 5.41 Å². The molecular formula is C125H77N9. The molecule has 0 bridgehead atoms. The zero-order valence-electron chi connectivity index (χ0n) is 73.0. The predicted molar refractivity (Wildman–Crippen MR) is 561 cm³/mol. The Kier molecular flexibility index (Phi) is 16.4. The number of aromatic nitrogens is 9. The van der Waals surface area contributed by atoms with Gasteiger partial charge >= 0.3 is 0 Å². The molecule has 1 aliphatic rings. The van der Waals surface area contributed by atoms with Gasteiger partial charge in [0.2, 0.25) is 0 Å². The highest BCUT2D eigenvalue weighted by Gasteiger charge is 2.36. The van der Waals surface area contributed by atoms with E-state index >= 15 is 0 Å². The third-order valence-corrected chi connectivity index (χ3v) is 28.7. The van der Waals surface area contributed by atoms with Crippen LogP contribution in [0.25, 0.3) is 268 Å². The van der Waals surface area contributed by atoms with Crippen LogP contribution in [-0.2, 0) is 5.41 Å². The number of hydrogen-bond donors (Lipinski definition) is 0. The molecule has 0 amide bonds. The van der Waals surface area contributed by atoms with Gasteiger partial charge < -0.3 is 0 Å². The summed E-state index contributed by atoms with van der Waals surface area (Å²) in [7, 11) is 0. The number of para-hydroxylation sites is 6. The Morgan fingerprint density at radius 1 is 0.187 bits per heavy atom. The van der Waals surface area contributed by atoms with Crippen molar-refractivity contribution in [2.24, 2.45) is 0 Å². The largest absolute Gasteiger partial charge is 0.292 e. The van der Waals surface area contributed by atoms with Crippen LogP contribution >= 0.6 is 0 Å². The number of imidazole rings is 3. The lowest BCUT2D eigenvalue weighted by molar-refractivity contribution is 0.660. The van der Waals surface area contributed by atoms with Gasteiger partial charge in [0.15, 0.2) is 0 Å². The summed E-state index contributed by atoms with van der Waals surface area (Å²) >= 11 is 0. The van der Waals surface area contributed by atoms with Gasteiger partial charge in [0.1, 0.15) is 16.9 Å². The van der Waals surface area contributed by atoms with Crippen molar-refractivity contribution < 1.29 is 0 Å². The summed E-state index contributed by atoms with van der Waals surface area (Å²) in [6.07, 6.45) is 5.63. The van der Waals surface area contributed by atoms with E-state index in [1.807, 2.05) is 36.8 Å². The highest BCUT2D eigenvalue weighted by Crippen LogP contribution is 2.51. The van der Waals surface area contributed by atoms with Crippen molar-refractivity contribution in [2.45, 2.75) is 19.3 Å². The molecule has 0 fully saturated rings. The molecule has 0 aliphatic heterocycles. The van der Waals surface area contributed by atoms with E-state index in [1.54, 1.807) is 0 Å². The average molecular weight is 1710 g/mol.